The summed E-state index contributed by atoms with van der Waals surface area (Å²) in [6.07, 6.45) is -0.362. The smallest absolute Gasteiger partial charge is 0.0827 e. The van der Waals surface area contributed by atoms with Crippen molar-refractivity contribution in [3.63, 3.8) is 0 Å². The van der Waals surface area contributed by atoms with Crippen LogP contribution in [0.3, 0.4) is 0 Å². The summed E-state index contributed by atoms with van der Waals surface area (Å²) in [7, 11) is 4.04. The van der Waals surface area contributed by atoms with Crippen LogP contribution >= 0.6 is 0 Å². The van der Waals surface area contributed by atoms with Gasteiger partial charge < -0.3 is 10.0 Å². The topological polar surface area (TPSA) is 23.5 Å². The van der Waals surface area contributed by atoms with Gasteiger partial charge in [-0.25, -0.2) is 0 Å². The molecule has 2 heteroatoms. The van der Waals surface area contributed by atoms with Gasteiger partial charge in [-0.15, -0.1) is 0 Å². The second-order valence-corrected chi connectivity index (χ2v) is 4.10. The highest BCUT2D eigenvalue weighted by Crippen LogP contribution is 2.21. The van der Waals surface area contributed by atoms with E-state index in [1.165, 1.54) is 0 Å². The lowest BCUT2D eigenvalue weighted by Gasteiger charge is -2.22. The molecule has 0 saturated heterocycles. The Morgan fingerprint density at radius 1 is 1.21 bits per heavy atom. The van der Waals surface area contributed by atoms with Gasteiger partial charge in [0.25, 0.3) is 0 Å². The summed E-state index contributed by atoms with van der Waals surface area (Å²) in [5, 5.41) is 10.0. The maximum absolute atomic E-state index is 10.0. The number of benzene rings is 1. The van der Waals surface area contributed by atoms with Gasteiger partial charge in [0, 0.05) is 6.54 Å². The molecule has 0 spiro atoms. The Hall–Kier alpha value is -0.860. The van der Waals surface area contributed by atoms with Crippen LogP contribution in [0.4, 0.5) is 0 Å². The molecular weight excluding hydrogens is 174 g/mol. The summed E-state index contributed by atoms with van der Waals surface area (Å²) in [6.45, 7) is 2.97. The zero-order valence-electron chi connectivity index (χ0n) is 9.14. The molecule has 0 bridgehead atoms. The minimum atomic E-state index is -0.362. The van der Waals surface area contributed by atoms with Crippen LogP contribution in [0.15, 0.2) is 30.3 Å². The fourth-order valence-corrected chi connectivity index (χ4v) is 1.65. The molecule has 2 nitrogen and oxygen atoms in total. The number of aliphatic hydroxyl groups excluding tert-OH is 1. The number of hydrogen-bond donors (Lipinski definition) is 1. The molecule has 0 fully saturated rings. The average molecular weight is 193 g/mol. The molecule has 1 aromatic carbocycles. The first-order chi connectivity index (χ1) is 6.61. The third kappa shape index (κ3) is 3.13. The van der Waals surface area contributed by atoms with Crippen LogP contribution in [0.25, 0.3) is 0 Å². The Kier molecular flexibility index (Phi) is 4.11. The van der Waals surface area contributed by atoms with Gasteiger partial charge >= 0.3 is 0 Å². The first kappa shape index (κ1) is 11.2. The van der Waals surface area contributed by atoms with E-state index in [0.29, 0.717) is 0 Å². The van der Waals surface area contributed by atoms with Crippen molar-refractivity contribution in [2.24, 2.45) is 5.92 Å². The molecule has 0 amide bonds. The molecular formula is C12H19NO. The van der Waals surface area contributed by atoms with E-state index in [0.717, 1.165) is 12.1 Å². The first-order valence-electron chi connectivity index (χ1n) is 4.99. The van der Waals surface area contributed by atoms with E-state index in [1.807, 2.05) is 44.4 Å². The molecule has 0 aromatic heterocycles. The van der Waals surface area contributed by atoms with E-state index in [1.54, 1.807) is 0 Å². The Labute approximate surface area is 86.2 Å². The molecule has 1 rings (SSSR count). The van der Waals surface area contributed by atoms with Gasteiger partial charge in [-0.1, -0.05) is 37.3 Å². The molecule has 0 unspecified atom stereocenters. The Morgan fingerprint density at radius 2 is 1.79 bits per heavy atom. The molecule has 0 aliphatic rings. The standard InChI is InChI=1S/C12H19NO/c1-10(9-13(2)3)12(14)11-7-5-4-6-8-11/h4-8,10,12,14H,9H2,1-3H3/t10-,12-/m0/s1. The first-order valence-corrected chi connectivity index (χ1v) is 4.99. The SMILES string of the molecule is C[C@@H](CN(C)C)[C@H](O)c1ccccc1. The summed E-state index contributed by atoms with van der Waals surface area (Å²) in [4.78, 5) is 2.09. The van der Waals surface area contributed by atoms with Gasteiger partial charge in [0.05, 0.1) is 6.10 Å². The summed E-state index contributed by atoms with van der Waals surface area (Å²) >= 11 is 0. The summed E-state index contributed by atoms with van der Waals surface area (Å²) < 4.78 is 0. The molecule has 1 aromatic rings. The fourth-order valence-electron chi connectivity index (χ4n) is 1.65. The van der Waals surface area contributed by atoms with Crippen molar-refractivity contribution in [1.82, 2.24) is 4.90 Å². The lowest BCUT2D eigenvalue weighted by Crippen LogP contribution is -2.24. The van der Waals surface area contributed by atoms with E-state index in [-0.39, 0.29) is 12.0 Å². The molecule has 14 heavy (non-hydrogen) atoms. The second-order valence-electron chi connectivity index (χ2n) is 4.10. The van der Waals surface area contributed by atoms with Crippen molar-refractivity contribution in [1.29, 1.82) is 0 Å². The molecule has 1 N–H and O–H groups in total. The maximum atomic E-state index is 10.0. The zero-order valence-corrected chi connectivity index (χ0v) is 9.14. The van der Waals surface area contributed by atoms with Crippen molar-refractivity contribution < 1.29 is 5.11 Å². The largest absolute Gasteiger partial charge is 0.388 e. The van der Waals surface area contributed by atoms with Crippen LogP contribution in [0.2, 0.25) is 0 Å². The van der Waals surface area contributed by atoms with E-state index in [9.17, 15) is 5.11 Å². The van der Waals surface area contributed by atoms with Gasteiger partial charge in [-0.2, -0.15) is 0 Å². The maximum Gasteiger partial charge on any atom is 0.0827 e. The lowest BCUT2D eigenvalue weighted by atomic mass is 9.97. The molecule has 0 saturated carbocycles. The third-order valence-electron chi connectivity index (χ3n) is 2.33. The van der Waals surface area contributed by atoms with Crippen LogP contribution in [0, 0.1) is 5.92 Å². The normalized spacial score (nSPS) is 15.5. The van der Waals surface area contributed by atoms with Crippen molar-refractivity contribution >= 4 is 0 Å². The van der Waals surface area contributed by atoms with Gasteiger partial charge in [-0.05, 0) is 25.6 Å². The number of hydrogen-bond acceptors (Lipinski definition) is 2. The molecule has 0 radical (unpaired) electrons. The van der Waals surface area contributed by atoms with Crippen LogP contribution in [-0.2, 0) is 0 Å². The zero-order chi connectivity index (χ0) is 10.6. The average Bonchev–Trinajstić information content (AvgIpc) is 2.17. The van der Waals surface area contributed by atoms with Crippen LogP contribution in [0.1, 0.15) is 18.6 Å². The second kappa shape index (κ2) is 5.13. The number of aliphatic hydroxyl groups is 1. The molecule has 0 aliphatic heterocycles. The van der Waals surface area contributed by atoms with Gasteiger partial charge in [0.1, 0.15) is 0 Å². The van der Waals surface area contributed by atoms with Crippen molar-refractivity contribution in [3.05, 3.63) is 35.9 Å². The summed E-state index contributed by atoms with van der Waals surface area (Å²) in [6, 6.07) is 9.82. The minimum Gasteiger partial charge on any atom is -0.388 e. The summed E-state index contributed by atoms with van der Waals surface area (Å²) in [5.41, 5.74) is 1.00. The minimum absolute atomic E-state index is 0.257. The molecule has 2 atom stereocenters. The number of nitrogens with zero attached hydrogens (tertiary/aromatic N) is 1. The fraction of sp³-hybridized carbons (Fsp3) is 0.500. The summed E-state index contributed by atoms with van der Waals surface area (Å²) in [5.74, 6) is 0.257. The van der Waals surface area contributed by atoms with E-state index < -0.39 is 0 Å². The molecule has 78 valence electrons. The monoisotopic (exact) mass is 193 g/mol. The van der Waals surface area contributed by atoms with E-state index in [4.69, 9.17) is 0 Å². The van der Waals surface area contributed by atoms with Gasteiger partial charge in [0.15, 0.2) is 0 Å². The van der Waals surface area contributed by atoms with E-state index in [2.05, 4.69) is 11.8 Å². The van der Waals surface area contributed by atoms with Crippen molar-refractivity contribution in [2.75, 3.05) is 20.6 Å². The van der Waals surface area contributed by atoms with Crippen molar-refractivity contribution in [2.45, 2.75) is 13.0 Å². The van der Waals surface area contributed by atoms with Crippen LogP contribution in [-0.4, -0.2) is 30.6 Å². The van der Waals surface area contributed by atoms with Crippen molar-refractivity contribution in [3.8, 4) is 0 Å². The van der Waals surface area contributed by atoms with Gasteiger partial charge in [-0.3, -0.25) is 0 Å². The highest BCUT2D eigenvalue weighted by molar-refractivity contribution is 5.17. The molecule has 0 heterocycles. The third-order valence-corrected chi connectivity index (χ3v) is 2.33. The highest BCUT2D eigenvalue weighted by Gasteiger charge is 2.16. The Bertz CT molecular complexity index is 258. The predicted molar refractivity (Wildman–Crippen MR) is 59.1 cm³/mol. The molecule has 0 aliphatic carbocycles. The van der Waals surface area contributed by atoms with E-state index >= 15 is 0 Å². The highest BCUT2D eigenvalue weighted by atomic mass is 16.3. The number of rotatable bonds is 4. The van der Waals surface area contributed by atoms with Crippen LogP contribution < -0.4 is 0 Å². The van der Waals surface area contributed by atoms with Crippen LogP contribution in [0.5, 0.6) is 0 Å². The quantitative estimate of drug-likeness (QED) is 0.789. The predicted octanol–water partition coefficient (Wildman–Crippen LogP) is 1.92. The lowest BCUT2D eigenvalue weighted by molar-refractivity contribution is 0.100. The van der Waals surface area contributed by atoms with Gasteiger partial charge in [0.2, 0.25) is 0 Å². The Morgan fingerprint density at radius 3 is 2.29 bits per heavy atom. The Balaban J connectivity index is 2.61.